The van der Waals surface area contributed by atoms with Crippen LogP contribution in [0.4, 0.5) is 4.79 Å². The first-order valence-corrected chi connectivity index (χ1v) is 9.92. The van der Waals surface area contributed by atoms with Crippen molar-refractivity contribution >= 4 is 18.0 Å². The lowest BCUT2D eigenvalue weighted by Gasteiger charge is -2.18. The molecule has 0 spiro atoms. The molecule has 2 amide bonds. The molecule has 2 aromatic carbocycles. The molecule has 31 heavy (non-hydrogen) atoms. The number of hydrogen-bond acceptors (Lipinski definition) is 6. The highest BCUT2D eigenvalue weighted by Gasteiger charge is 2.23. The zero-order chi connectivity index (χ0) is 22.6. The molecule has 8 heteroatoms. The molecule has 166 valence electrons. The number of aliphatic hydroxyl groups excluding tert-OH is 1. The Morgan fingerprint density at radius 3 is 2.42 bits per heavy atom. The maximum absolute atomic E-state index is 12.3. The zero-order valence-electron chi connectivity index (χ0n) is 17.7. The van der Waals surface area contributed by atoms with Gasteiger partial charge in [-0.25, -0.2) is 9.59 Å². The Labute approximate surface area is 181 Å². The van der Waals surface area contributed by atoms with Gasteiger partial charge in [0.05, 0.1) is 19.6 Å². The maximum Gasteiger partial charge on any atom is 0.407 e. The molecule has 0 radical (unpaired) electrons. The average molecular weight is 428 g/mol. The van der Waals surface area contributed by atoms with Crippen molar-refractivity contribution in [3.8, 4) is 0 Å². The van der Waals surface area contributed by atoms with Crippen LogP contribution in [-0.4, -0.2) is 48.9 Å². The fourth-order valence-electron chi connectivity index (χ4n) is 2.93. The van der Waals surface area contributed by atoms with Gasteiger partial charge in [-0.3, -0.25) is 4.79 Å². The smallest absolute Gasteiger partial charge is 0.407 e. The van der Waals surface area contributed by atoms with Crippen molar-refractivity contribution in [1.29, 1.82) is 0 Å². The number of methoxy groups -OCH3 is 1. The fourth-order valence-corrected chi connectivity index (χ4v) is 2.93. The quantitative estimate of drug-likeness (QED) is 0.498. The van der Waals surface area contributed by atoms with Crippen LogP contribution in [0.3, 0.4) is 0 Å². The molecule has 0 aliphatic rings. The molecule has 0 heterocycles. The molecule has 0 aliphatic heterocycles. The number of benzene rings is 2. The number of carbonyl (C=O) groups excluding carboxylic acids is 3. The third-order valence-corrected chi connectivity index (χ3v) is 4.46. The van der Waals surface area contributed by atoms with E-state index in [0.717, 1.165) is 16.7 Å². The summed E-state index contributed by atoms with van der Waals surface area (Å²) in [6.07, 6.45) is -1.86. The molecule has 0 fully saturated rings. The summed E-state index contributed by atoms with van der Waals surface area (Å²) in [4.78, 5) is 36.1. The summed E-state index contributed by atoms with van der Waals surface area (Å²) >= 11 is 0. The lowest BCUT2D eigenvalue weighted by molar-refractivity contribution is -0.145. The minimum Gasteiger partial charge on any atom is -0.467 e. The largest absolute Gasteiger partial charge is 0.467 e. The number of aliphatic hydroxyl groups is 1. The van der Waals surface area contributed by atoms with Gasteiger partial charge >= 0.3 is 12.1 Å². The first-order chi connectivity index (χ1) is 14.9. The van der Waals surface area contributed by atoms with E-state index in [4.69, 9.17) is 9.47 Å². The van der Waals surface area contributed by atoms with Gasteiger partial charge in [0.25, 0.3) is 0 Å². The standard InChI is InChI=1S/C23H28N2O6/c1-16-7-6-10-18(11-16)12-20(22(28)30-2)25-21(27)13-19(26)14-24-23(29)31-15-17-8-4-3-5-9-17/h3-11,19-20,26H,12-15H2,1-2H3,(H,24,29)(H,25,27)/t19-,20-/m1/s1. The topological polar surface area (TPSA) is 114 Å². The van der Waals surface area contributed by atoms with Crippen LogP contribution in [0, 0.1) is 6.92 Å². The highest BCUT2D eigenvalue weighted by atomic mass is 16.5. The molecule has 2 atom stereocenters. The third kappa shape index (κ3) is 8.88. The normalized spacial score (nSPS) is 12.4. The summed E-state index contributed by atoms with van der Waals surface area (Å²) in [6.45, 7) is 1.87. The van der Waals surface area contributed by atoms with E-state index in [-0.39, 0.29) is 26.0 Å². The average Bonchev–Trinajstić information content (AvgIpc) is 2.76. The molecule has 0 unspecified atom stereocenters. The number of carbonyl (C=O) groups is 3. The van der Waals surface area contributed by atoms with Crippen LogP contribution in [0.1, 0.15) is 23.1 Å². The molecule has 8 nitrogen and oxygen atoms in total. The number of amides is 2. The van der Waals surface area contributed by atoms with Gasteiger partial charge < -0.3 is 25.2 Å². The summed E-state index contributed by atoms with van der Waals surface area (Å²) in [5.74, 6) is -1.11. The van der Waals surface area contributed by atoms with Crippen molar-refractivity contribution in [3.63, 3.8) is 0 Å². The summed E-state index contributed by atoms with van der Waals surface area (Å²) in [5, 5.41) is 15.0. The molecule has 2 rings (SSSR count). The van der Waals surface area contributed by atoms with Crippen LogP contribution >= 0.6 is 0 Å². The first kappa shape index (κ1) is 23.9. The highest BCUT2D eigenvalue weighted by Crippen LogP contribution is 2.08. The minimum absolute atomic E-state index is 0.100. The van der Waals surface area contributed by atoms with Gasteiger partial charge in [-0.2, -0.15) is 0 Å². The van der Waals surface area contributed by atoms with Crippen LogP contribution in [-0.2, 0) is 32.1 Å². The van der Waals surface area contributed by atoms with E-state index in [1.54, 1.807) is 0 Å². The predicted octanol–water partition coefficient (Wildman–Crippen LogP) is 1.87. The maximum atomic E-state index is 12.3. The van der Waals surface area contributed by atoms with Crippen molar-refractivity contribution < 1.29 is 29.0 Å². The van der Waals surface area contributed by atoms with Gasteiger partial charge in [0.2, 0.25) is 5.91 Å². The second kappa shape index (κ2) is 12.3. The van der Waals surface area contributed by atoms with E-state index < -0.39 is 30.1 Å². The summed E-state index contributed by atoms with van der Waals surface area (Å²) in [7, 11) is 1.25. The van der Waals surface area contributed by atoms with E-state index in [1.165, 1.54) is 7.11 Å². The summed E-state index contributed by atoms with van der Waals surface area (Å²) in [6, 6.07) is 15.9. The Kier molecular flexibility index (Phi) is 9.51. The van der Waals surface area contributed by atoms with Gasteiger partial charge in [-0.05, 0) is 18.1 Å². The van der Waals surface area contributed by atoms with Crippen LogP contribution in [0.5, 0.6) is 0 Å². The number of hydrogen-bond donors (Lipinski definition) is 3. The second-order valence-electron chi connectivity index (χ2n) is 7.14. The molecule has 0 saturated heterocycles. The number of rotatable bonds is 10. The lowest BCUT2D eigenvalue weighted by atomic mass is 10.0. The number of ether oxygens (including phenoxy) is 2. The van der Waals surface area contributed by atoms with Gasteiger partial charge in [0.15, 0.2) is 0 Å². The molecule has 0 saturated carbocycles. The molecule has 0 bridgehead atoms. The Morgan fingerprint density at radius 1 is 1.03 bits per heavy atom. The Bertz CT molecular complexity index is 871. The number of nitrogens with one attached hydrogen (secondary N) is 2. The van der Waals surface area contributed by atoms with Crippen LogP contribution in [0.15, 0.2) is 54.6 Å². The molecule has 3 N–H and O–H groups in total. The predicted molar refractivity (Wildman–Crippen MR) is 114 cm³/mol. The highest BCUT2D eigenvalue weighted by molar-refractivity contribution is 5.85. The summed E-state index contributed by atoms with van der Waals surface area (Å²) in [5.41, 5.74) is 2.74. The van der Waals surface area contributed by atoms with Crippen LogP contribution in [0.25, 0.3) is 0 Å². The number of aryl methyl sites for hydroxylation is 1. The van der Waals surface area contributed by atoms with Gasteiger partial charge in [0, 0.05) is 13.0 Å². The molecular weight excluding hydrogens is 400 g/mol. The van der Waals surface area contributed by atoms with Crippen molar-refractivity contribution in [2.75, 3.05) is 13.7 Å². The van der Waals surface area contributed by atoms with E-state index in [1.807, 2.05) is 61.5 Å². The number of alkyl carbamates (subject to hydrolysis) is 1. The summed E-state index contributed by atoms with van der Waals surface area (Å²) < 4.78 is 9.82. The molecular formula is C23H28N2O6. The zero-order valence-corrected chi connectivity index (χ0v) is 17.7. The van der Waals surface area contributed by atoms with E-state index in [0.29, 0.717) is 0 Å². The fraction of sp³-hybridized carbons (Fsp3) is 0.348. The first-order valence-electron chi connectivity index (χ1n) is 9.92. The SMILES string of the molecule is COC(=O)[C@@H](Cc1cccc(C)c1)NC(=O)C[C@@H](O)CNC(=O)OCc1ccccc1. The van der Waals surface area contributed by atoms with E-state index in [2.05, 4.69) is 10.6 Å². The van der Waals surface area contributed by atoms with Crippen molar-refractivity contribution in [3.05, 3.63) is 71.3 Å². The molecule has 2 aromatic rings. The van der Waals surface area contributed by atoms with Gasteiger partial charge in [-0.1, -0.05) is 60.2 Å². The van der Waals surface area contributed by atoms with E-state index in [9.17, 15) is 19.5 Å². The monoisotopic (exact) mass is 428 g/mol. The van der Waals surface area contributed by atoms with Crippen molar-refractivity contribution in [1.82, 2.24) is 10.6 Å². The van der Waals surface area contributed by atoms with Crippen molar-refractivity contribution in [2.45, 2.75) is 38.5 Å². The minimum atomic E-state index is -1.14. The van der Waals surface area contributed by atoms with E-state index >= 15 is 0 Å². The van der Waals surface area contributed by atoms with Crippen molar-refractivity contribution in [2.24, 2.45) is 0 Å². The Balaban J connectivity index is 1.77. The second-order valence-corrected chi connectivity index (χ2v) is 7.14. The molecule has 0 aromatic heterocycles. The number of esters is 1. The third-order valence-electron chi connectivity index (χ3n) is 4.46. The lowest BCUT2D eigenvalue weighted by Crippen LogP contribution is -2.45. The van der Waals surface area contributed by atoms with Gasteiger partial charge in [0.1, 0.15) is 12.6 Å². The van der Waals surface area contributed by atoms with Crippen LogP contribution in [0.2, 0.25) is 0 Å². The Morgan fingerprint density at radius 2 is 1.74 bits per heavy atom. The molecule has 0 aliphatic carbocycles. The Hall–Kier alpha value is -3.39. The van der Waals surface area contributed by atoms with Gasteiger partial charge in [-0.15, -0.1) is 0 Å². The van der Waals surface area contributed by atoms with Crippen LogP contribution < -0.4 is 10.6 Å².